The number of nitriles is 1. The molecule has 0 saturated carbocycles. The highest BCUT2D eigenvalue weighted by molar-refractivity contribution is 8.00. The van der Waals surface area contributed by atoms with Crippen LogP contribution in [0.4, 0.5) is 5.69 Å². The number of para-hydroxylation sites is 1. The Bertz CT molecular complexity index is 1220. The van der Waals surface area contributed by atoms with Crippen LogP contribution in [0.1, 0.15) is 0 Å². The molecule has 4 aromatic rings. The molecule has 148 valence electrons. The summed E-state index contributed by atoms with van der Waals surface area (Å²) in [6, 6.07) is 19.7. The molecule has 0 fully saturated rings. The number of amides is 1. The van der Waals surface area contributed by atoms with Crippen LogP contribution in [0.2, 0.25) is 0 Å². The molecule has 0 bridgehead atoms. The fraction of sp³-hybridized carbons (Fsp3) is 0.0909. The summed E-state index contributed by atoms with van der Waals surface area (Å²) in [5.41, 5.74) is 2.90. The molecule has 0 aliphatic heterocycles. The number of anilines is 1. The van der Waals surface area contributed by atoms with Gasteiger partial charge in [-0.1, -0.05) is 54.2 Å². The SMILES string of the molecule is N#CCSc1ccccc1NC(=O)CSc1ncnc2scc(-c3ccccc3)c12. The van der Waals surface area contributed by atoms with E-state index in [4.69, 9.17) is 5.26 Å². The molecule has 0 radical (unpaired) electrons. The van der Waals surface area contributed by atoms with E-state index in [1.165, 1.54) is 23.5 Å². The van der Waals surface area contributed by atoms with E-state index in [-0.39, 0.29) is 11.7 Å². The number of rotatable bonds is 7. The molecule has 0 spiro atoms. The average Bonchev–Trinajstić information content (AvgIpc) is 3.22. The highest BCUT2D eigenvalue weighted by Gasteiger charge is 2.15. The van der Waals surface area contributed by atoms with Gasteiger partial charge in [0.2, 0.25) is 5.91 Å². The number of hydrogen-bond donors (Lipinski definition) is 1. The van der Waals surface area contributed by atoms with E-state index in [2.05, 4.69) is 38.9 Å². The lowest BCUT2D eigenvalue weighted by molar-refractivity contribution is -0.113. The van der Waals surface area contributed by atoms with Gasteiger partial charge in [-0.15, -0.1) is 23.1 Å². The third-order valence-corrected chi connectivity index (χ3v) is 7.03. The van der Waals surface area contributed by atoms with E-state index in [1.54, 1.807) is 17.7 Å². The number of nitrogens with zero attached hydrogens (tertiary/aromatic N) is 3. The maximum atomic E-state index is 12.6. The summed E-state index contributed by atoms with van der Waals surface area (Å²) in [7, 11) is 0. The highest BCUT2D eigenvalue weighted by atomic mass is 32.2. The number of thiophene rings is 1. The summed E-state index contributed by atoms with van der Waals surface area (Å²) in [6.45, 7) is 0. The molecular formula is C22H16N4OS3. The number of carbonyl (C=O) groups is 1. The molecule has 1 N–H and O–H groups in total. The van der Waals surface area contributed by atoms with E-state index < -0.39 is 0 Å². The molecule has 0 saturated heterocycles. The number of nitrogens with one attached hydrogen (secondary N) is 1. The molecular weight excluding hydrogens is 432 g/mol. The van der Waals surface area contributed by atoms with E-state index in [1.807, 2.05) is 42.5 Å². The quantitative estimate of drug-likeness (QED) is 0.288. The maximum absolute atomic E-state index is 12.6. The van der Waals surface area contributed by atoms with Gasteiger partial charge in [-0.25, -0.2) is 9.97 Å². The third-order valence-electron chi connectivity index (χ3n) is 4.21. The van der Waals surface area contributed by atoms with Gasteiger partial charge in [-0.05, 0) is 17.7 Å². The first-order valence-corrected chi connectivity index (χ1v) is 11.9. The minimum absolute atomic E-state index is 0.117. The zero-order valence-electron chi connectivity index (χ0n) is 15.7. The van der Waals surface area contributed by atoms with Crippen LogP contribution in [0, 0.1) is 11.3 Å². The number of hydrogen-bond acceptors (Lipinski definition) is 7. The lowest BCUT2D eigenvalue weighted by Gasteiger charge is -2.10. The Hall–Kier alpha value is -2.86. The minimum Gasteiger partial charge on any atom is -0.324 e. The molecule has 0 atom stereocenters. The summed E-state index contributed by atoms with van der Waals surface area (Å²) in [5.74, 6) is 0.447. The third kappa shape index (κ3) is 4.65. The molecule has 4 rings (SSSR count). The van der Waals surface area contributed by atoms with Gasteiger partial charge in [0.15, 0.2) is 0 Å². The van der Waals surface area contributed by atoms with Crippen molar-refractivity contribution < 1.29 is 4.79 Å². The zero-order chi connectivity index (χ0) is 20.8. The first-order valence-electron chi connectivity index (χ1n) is 9.05. The van der Waals surface area contributed by atoms with E-state index in [0.29, 0.717) is 5.75 Å². The van der Waals surface area contributed by atoms with E-state index >= 15 is 0 Å². The number of thioether (sulfide) groups is 2. The standard InChI is InChI=1S/C22H16N4OS3/c23-10-11-28-18-9-5-4-8-17(18)26-19(27)13-30-22-20-16(15-6-2-1-3-7-15)12-29-21(20)24-14-25-22/h1-9,12,14H,11,13H2,(H,26,27). The first-order chi connectivity index (χ1) is 14.8. The summed E-state index contributed by atoms with van der Waals surface area (Å²) < 4.78 is 0. The van der Waals surface area contributed by atoms with Crippen molar-refractivity contribution in [3.8, 4) is 17.2 Å². The summed E-state index contributed by atoms with van der Waals surface area (Å²) in [5, 5.41) is 15.6. The lowest BCUT2D eigenvalue weighted by Crippen LogP contribution is -2.14. The van der Waals surface area contributed by atoms with Crippen LogP contribution in [0.15, 0.2) is 76.2 Å². The predicted molar refractivity (Wildman–Crippen MR) is 125 cm³/mol. The average molecular weight is 449 g/mol. The second-order valence-electron chi connectivity index (χ2n) is 6.15. The molecule has 2 heterocycles. The molecule has 1 amide bonds. The van der Waals surface area contributed by atoms with Crippen molar-refractivity contribution in [1.29, 1.82) is 5.26 Å². The molecule has 0 aliphatic carbocycles. The molecule has 5 nitrogen and oxygen atoms in total. The van der Waals surface area contributed by atoms with Crippen LogP contribution >= 0.6 is 34.9 Å². The van der Waals surface area contributed by atoms with Gasteiger partial charge in [-0.3, -0.25) is 4.79 Å². The Labute approximate surface area is 186 Å². The van der Waals surface area contributed by atoms with Gasteiger partial charge in [0, 0.05) is 15.8 Å². The van der Waals surface area contributed by atoms with Crippen LogP contribution < -0.4 is 5.32 Å². The largest absolute Gasteiger partial charge is 0.324 e. The van der Waals surface area contributed by atoms with Crippen molar-refractivity contribution in [2.45, 2.75) is 9.92 Å². The molecule has 0 unspecified atom stereocenters. The van der Waals surface area contributed by atoms with Crippen molar-refractivity contribution >= 4 is 56.7 Å². The monoisotopic (exact) mass is 448 g/mol. The molecule has 2 aromatic carbocycles. The minimum atomic E-state index is -0.117. The fourth-order valence-corrected chi connectivity index (χ4v) is 5.38. The van der Waals surface area contributed by atoms with Gasteiger partial charge >= 0.3 is 0 Å². The van der Waals surface area contributed by atoms with Crippen molar-refractivity contribution in [3.63, 3.8) is 0 Å². The van der Waals surface area contributed by atoms with Crippen LogP contribution in [0.5, 0.6) is 0 Å². The molecule has 30 heavy (non-hydrogen) atoms. The predicted octanol–water partition coefficient (Wildman–Crippen LogP) is 5.70. The van der Waals surface area contributed by atoms with Crippen LogP contribution in [-0.4, -0.2) is 27.4 Å². The van der Waals surface area contributed by atoms with Gasteiger partial charge in [0.25, 0.3) is 0 Å². The zero-order valence-corrected chi connectivity index (χ0v) is 18.2. The van der Waals surface area contributed by atoms with Crippen LogP contribution in [-0.2, 0) is 4.79 Å². The Morgan fingerprint density at radius 3 is 2.70 bits per heavy atom. The Morgan fingerprint density at radius 1 is 1.07 bits per heavy atom. The Balaban J connectivity index is 1.51. The Kier molecular flexibility index (Phi) is 6.64. The normalized spacial score (nSPS) is 10.6. The first kappa shape index (κ1) is 20.4. The van der Waals surface area contributed by atoms with E-state index in [0.717, 1.165) is 37.0 Å². The van der Waals surface area contributed by atoms with Crippen LogP contribution in [0.25, 0.3) is 21.3 Å². The fourth-order valence-electron chi connectivity index (χ4n) is 2.91. The number of aromatic nitrogens is 2. The van der Waals surface area contributed by atoms with Crippen molar-refractivity contribution in [3.05, 3.63) is 66.3 Å². The van der Waals surface area contributed by atoms with Gasteiger partial charge in [0.05, 0.1) is 28.6 Å². The van der Waals surface area contributed by atoms with Crippen molar-refractivity contribution in [1.82, 2.24) is 9.97 Å². The summed E-state index contributed by atoms with van der Waals surface area (Å²) in [4.78, 5) is 23.2. The van der Waals surface area contributed by atoms with Gasteiger partial charge < -0.3 is 5.32 Å². The van der Waals surface area contributed by atoms with E-state index in [9.17, 15) is 4.79 Å². The van der Waals surface area contributed by atoms with Crippen molar-refractivity contribution in [2.24, 2.45) is 0 Å². The Morgan fingerprint density at radius 2 is 1.87 bits per heavy atom. The summed E-state index contributed by atoms with van der Waals surface area (Å²) in [6.07, 6.45) is 1.54. The van der Waals surface area contributed by atoms with Crippen LogP contribution in [0.3, 0.4) is 0 Å². The maximum Gasteiger partial charge on any atom is 0.234 e. The second-order valence-corrected chi connectivity index (χ2v) is 8.99. The topological polar surface area (TPSA) is 78.7 Å². The number of fused-ring (bicyclic) bond motifs is 1. The number of carbonyl (C=O) groups excluding carboxylic acids is 1. The summed E-state index contributed by atoms with van der Waals surface area (Å²) >= 11 is 4.38. The second kappa shape index (κ2) is 9.76. The lowest BCUT2D eigenvalue weighted by atomic mass is 10.1. The highest BCUT2D eigenvalue weighted by Crippen LogP contribution is 2.37. The van der Waals surface area contributed by atoms with Gasteiger partial charge in [0.1, 0.15) is 16.2 Å². The molecule has 0 aliphatic rings. The molecule has 8 heteroatoms. The van der Waals surface area contributed by atoms with Crippen molar-refractivity contribution in [2.75, 3.05) is 16.8 Å². The number of benzene rings is 2. The smallest absolute Gasteiger partial charge is 0.234 e. The molecule has 2 aromatic heterocycles. The van der Waals surface area contributed by atoms with Gasteiger partial charge in [-0.2, -0.15) is 5.26 Å².